The molecule has 4 N–H and O–H groups in total. The maximum absolute atomic E-state index is 11.3. The SMILES string of the molecule is O=C(O)c1ccc(Oc2[c]ccc(Oc3ccc(C(=O)O)c(C(=O)O)c3)c2)cc1C(=O)O. The molecule has 0 saturated carbocycles. The van der Waals surface area contributed by atoms with Crippen molar-refractivity contribution in [3.63, 3.8) is 0 Å². The van der Waals surface area contributed by atoms with Crippen molar-refractivity contribution in [2.75, 3.05) is 0 Å². The van der Waals surface area contributed by atoms with E-state index in [9.17, 15) is 29.4 Å². The molecule has 10 heteroatoms. The lowest BCUT2D eigenvalue weighted by Crippen LogP contribution is -2.08. The lowest BCUT2D eigenvalue weighted by Gasteiger charge is -2.11. The Kier molecular flexibility index (Phi) is 6.06. The van der Waals surface area contributed by atoms with Gasteiger partial charge in [-0.2, -0.15) is 0 Å². The average Bonchev–Trinajstić information content (AvgIpc) is 2.73. The zero-order chi connectivity index (χ0) is 23.4. The lowest BCUT2D eigenvalue weighted by atomic mass is 10.1. The van der Waals surface area contributed by atoms with Crippen LogP contribution in [-0.4, -0.2) is 44.3 Å². The first-order valence-corrected chi connectivity index (χ1v) is 8.74. The van der Waals surface area contributed by atoms with Gasteiger partial charge in [0, 0.05) is 12.1 Å². The average molecular weight is 437 g/mol. The summed E-state index contributed by atoms with van der Waals surface area (Å²) >= 11 is 0. The summed E-state index contributed by atoms with van der Waals surface area (Å²) < 4.78 is 11.1. The van der Waals surface area contributed by atoms with E-state index in [4.69, 9.17) is 19.7 Å². The number of carbonyl (C=O) groups is 4. The van der Waals surface area contributed by atoms with E-state index in [0.717, 1.165) is 24.3 Å². The predicted molar refractivity (Wildman–Crippen MR) is 106 cm³/mol. The molecule has 0 saturated heterocycles. The summed E-state index contributed by atoms with van der Waals surface area (Å²) in [5, 5.41) is 36.6. The Hall–Kier alpha value is -4.86. The Labute approximate surface area is 179 Å². The number of carboxylic acid groups (broad SMARTS) is 4. The maximum Gasteiger partial charge on any atom is 0.336 e. The van der Waals surface area contributed by atoms with Gasteiger partial charge in [-0.25, -0.2) is 19.2 Å². The summed E-state index contributed by atoms with van der Waals surface area (Å²) in [7, 11) is 0. The molecule has 10 nitrogen and oxygen atoms in total. The number of aromatic carboxylic acids is 4. The minimum Gasteiger partial charge on any atom is -0.478 e. The van der Waals surface area contributed by atoms with E-state index in [0.29, 0.717) is 0 Å². The van der Waals surface area contributed by atoms with Gasteiger partial charge in [-0.05, 0) is 48.5 Å². The third-order valence-electron chi connectivity index (χ3n) is 4.11. The molecular formula is C22H13O10. The second-order valence-corrected chi connectivity index (χ2v) is 6.23. The first-order chi connectivity index (χ1) is 15.2. The zero-order valence-corrected chi connectivity index (χ0v) is 15.9. The third kappa shape index (κ3) is 4.82. The van der Waals surface area contributed by atoms with Crippen LogP contribution >= 0.6 is 0 Å². The van der Waals surface area contributed by atoms with Crippen molar-refractivity contribution >= 4 is 23.9 Å². The molecule has 0 unspecified atom stereocenters. The molecule has 1 radical (unpaired) electrons. The summed E-state index contributed by atoms with van der Waals surface area (Å²) in [4.78, 5) is 44.9. The van der Waals surface area contributed by atoms with E-state index in [1.54, 1.807) is 0 Å². The number of hydrogen-bond donors (Lipinski definition) is 4. The van der Waals surface area contributed by atoms with Gasteiger partial charge in [0.25, 0.3) is 0 Å². The van der Waals surface area contributed by atoms with Crippen molar-refractivity contribution in [1.29, 1.82) is 0 Å². The van der Waals surface area contributed by atoms with Gasteiger partial charge >= 0.3 is 23.9 Å². The molecule has 0 bridgehead atoms. The smallest absolute Gasteiger partial charge is 0.336 e. The number of carboxylic acids is 4. The van der Waals surface area contributed by atoms with Gasteiger partial charge in [0.2, 0.25) is 0 Å². The van der Waals surface area contributed by atoms with Crippen LogP contribution in [0, 0.1) is 6.07 Å². The molecule has 0 heterocycles. The number of ether oxygens (including phenoxy) is 2. The zero-order valence-electron chi connectivity index (χ0n) is 15.9. The van der Waals surface area contributed by atoms with Crippen LogP contribution in [0.5, 0.6) is 23.0 Å². The highest BCUT2D eigenvalue weighted by Gasteiger charge is 2.18. The van der Waals surface area contributed by atoms with Crippen LogP contribution in [0.15, 0.2) is 54.6 Å². The second kappa shape index (κ2) is 8.88. The van der Waals surface area contributed by atoms with E-state index in [1.165, 1.54) is 30.3 Å². The van der Waals surface area contributed by atoms with Crippen LogP contribution in [-0.2, 0) is 0 Å². The van der Waals surface area contributed by atoms with Gasteiger partial charge < -0.3 is 29.9 Å². The van der Waals surface area contributed by atoms with E-state index < -0.39 is 46.1 Å². The van der Waals surface area contributed by atoms with Crippen molar-refractivity contribution in [2.24, 2.45) is 0 Å². The van der Waals surface area contributed by atoms with Gasteiger partial charge in [-0.1, -0.05) is 0 Å². The Bertz CT molecular complexity index is 1150. The highest BCUT2D eigenvalue weighted by molar-refractivity contribution is 6.02. The van der Waals surface area contributed by atoms with Gasteiger partial charge in [0.15, 0.2) is 0 Å². The van der Waals surface area contributed by atoms with Crippen LogP contribution in [0.25, 0.3) is 0 Å². The molecule has 161 valence electrons. The minimum atomic E-state index is -1.44. The molecule has 3 rings (SSSR count). The van der Waals surface area contributed by atoms with Crippen LogP contribution < -0.4 is 9.47 Å². The molecule has 0 fully saturated rings. The Balaban J connectivity index is 1.85. The minimum absolute atomic E-state index is 0.0415. The molecule has 0 aliphatic carbocycles. The molecule has 0 aliphatic rings. The Morgan fingerprint density at radius 3 is 1.47 bits per heavy atom. The standard InChI is InChI=1S/C22H13O10/c23-19(24)15-6-4-13(9-17(15)21(27)28)31-11-2-1-3-12(8-11)32-14-5-7-16(20(25)26)18(10-14)22(29)30/h1-2,4-10H,(H,23,24)(H,25,26)(H,27,28)(H,29,30). The van der Waals surface area contributed by atoms with E-state index >= 15 is 0 Å². The number of hydrogen-bond acceptors (Lipinski definition) is 6. The predicted octanol–water partition coefficient (Wildman–Crippen LogP) is 3.86. The van der Waals surface area contributed by atoms with Crippen molar-refractivity contribution < 1.29 is 49.1 Å². The van der Waals surface area contributed by atoms with Crippen molar-refractivity contribution in [3.05, 3.63) is 82.9 Å². The van der Waals surface area contributed by atoms with Gasteiger partial charge in [-0.15, -0.1) is 0 Å². The summed E-state index contributed by atoms with van der Waals surface area (Å²) in [6.07, 6.45) is 0. The van der Waals surface area contributed by atoms with Crippen LogP contribution in [0.3, 0.4) is 0 Å². The first kappa shape index (κ1) is 21.8. The topological polar surface area (TPSA) is 168 Å². The molecule has 0 amide bonds. The van der Waals surface area contributed by atoms with Gasteiger partial charge in [-0.3, -0.25) is 0 Å². The molecule has 3 aromatic carbocycles. The summed E-state index contributed by atoms with van der Waals surface area (Å²) in [5.74, 6) is -5.27. The van der Waals surface area contributed by atoms with Gasteiger partial charge in [0.05, 0.1) is 22.3 Å². The lowest BCUT2D eigenvalue weighted by molar-refractivity contribution is 0.0651. The normalized spacial score (nSPS) is 10.2. The largest absolute Gasteiger partial charge is 0.478 e. The first-order valence-electron chi connectivity index (χ1n) is 8.74. The summed E-state index contributed by atoms with van der Waals surface area (Å²) in [6, 6.07) is 13.9. The Morgan fingerprint density at radius 1 is 0.562 bits per heavy atom. The van der Waals surface area contributed by atoms with E-state index in [2.05, 4.69) is 6.07 Å². The fraction of sp³-hybridized carbons (Fsp3) is 0. The number of rotatable bonds is 8. The number of benzene rings is 3. The maximum atomic E-state index is 11.3. The van der Waals surface area contributed by atoms with Crippen LogP contribution in [0.4, 0.5) is 0 Å². The third-order valence-corrected chi connectivity index (χ3v) is 4.11. The highest BCUT2D eigenvalue weighted by atomic mass is 16.5. The van der Waals surface area contributed by atoms with E-state index in [1.807, 2.05) is 0 Å². The molecule has 0 aliphatic heterocycles. The molecule has 0 atom stereocenters. The Morgan fingerprint density at radius 2 is 1.00 bits per heavy atom. The van der Waals surface area contributed by atoms with Crippen LogP contribution in [0.2, 0.25) is 0 Å². The molecule has 3 aromatic rings. The quantitative estimate of drug-likeness (QED) is 0.406. The second-order valence-electron chi connectivity index (χ2n) is 6.23. The van der Waals surface area contributed by atoms with E-state index in [-0.39, 0.29) is 23.0 Å². The molecule has 0 aromatic heterocycles. The monoisotopic (exact) mass is 437 g/mol. The highest BCUT2D eigenvalue weighted by Crippen LogP contribution is 2.30. The molecular weight excluding hydrogens is 424 g/mol. The molecule has 32 heavy (non-hydrogen) atoms. The van der Waals surface area contributed by atoms with Crippen molar-refractivity contribution in [1.82, 2.24) is 0 Å². The van der Waals surface area contributed by atoms with Crippen molar-refractivity contribution in [2.45, 2.75) is 0 Å². The summed E-state index contributed by atoms with van der Waals surface area (Å²) in [6.45, 7) is 0. The fourth-order valence-electron chi connectivity index (χ4n) is 2.71. The summed E-state index contributed by atoms with van der Waals surface area (Å²) in [5.41, 5.74) is -1.70. The van der Waals surface area contributed by atoms with Gasteiger partial charge in [0.1, 0.15) is 23.0 Å². The van der Waals surface area contributed by atoms with Crippen LogP contribution in [0.1, 0.15) is 41.4 Å². The fourth-order valence-corrected chi connectivity index (χ4v) is 2.71. The molecule has 0 spiro atoms. The van der Waals surface area contributed by atoms with Crippen molar-refractivity contribution in [3.8, 4) is 23.0 Å².